The predicted molar refractivity (Wildman–Crippen MR) is 71.6 cm³/mol. The van der Waals surface area contributed by atoms with E-state index in [9.17, 15) is 18.3 Å². The van der Waals surface area contributed by atoms with Crippen LogP contribution in [0.15, 0.2) is 52.9 Å². The van der Waals surface area contributed by atoms with Gasteiger partial charge in [-0.2, -0.15) is 0 Å². The van der Waals surface area contributed by atoms with Crippen LogP contribution in [0.1, 0.15) is 29.4 Å². The standard InChI is InChI=1S/C16H11F3O2/c17-12-3-1-2-11-8-13(21-15(11)12)14(20)9-4-6-10(7-5-9)16(18)19/h1-8,14,16,20H. The van der Waals surface area contributed by atoms with Crippen molar-refractivity contribution >= 4 is 11.0 Å². The Bertz CT molecular complexity index is 763. The van der Waals surface area contributed by atoms with Crippen LogP contribution < -0.4 is 0 Å². The van der Waals surface area contributed by atoms with Crippen molar-refractivity contribution < 1.29 is 22.7 Å². The molecular weight excluding hydrogens is 281 g/mol. The average Bonchev–Trinajstić information content (AvgIpc) is 2.92. The third-order valence-electron chi connectivity index (χ3n) is 3.29. The molecule has 0 spiro atoms. The van der Waals surface area contributed by atoms with E-state index in [1.54, 1.807) is 12.1 Å². The van der Waals surface area contributed by atoms with E-state index >= 15 is 0 Å². The van der Waals surface area contributed by atoms with Gasteiger partial charge in [-0.3, -0.25) is 0 Å². The molecule has 2 nitrogen and oxygen atoms in total. The lowest BCUT2D eigenvalue weighted by molar-refractivity contribution is 0.151. The van der Waals surface area contributed by atoms with Crippen molar-refractivity contribution in [1.29, 1.82) is 0 Å². The SMILES string of the molecule is OC(c1ccc(C(F)F)cc1)c1cc2cccc(F)c2o1. The summed E-state index contributed by atoms with van der Waals surface area (Å²) < 4.78 is 43.8. The molecule has 0 saturated carbocycles. The maximum atomic E-state index is 13.5. The monoisotopic (exact) mass is 292 g/mol. The number of halogens is 3. The maximum absolute atomic E-state index is 13.5. The highest BCUT2D eigenvalue weighted by Crippen LogP contribution is 2.30. The van der Waals surface area contributed by atoms with Crippen LogP contribution in [-0.4, -0.2) is 5.11 Å². The maximum Gasteiger partial charge on any atom is 0.263 e. The fourth-order valence-corrected chi connectivity index (χ4v) is 2.17. The molecule has 1 N–H and O–H groups in total. The molecule has 0 aliphatic rings. The van der Waals surface area contributed by atoms with E-state index in [0.717, 1.165) is 0 Å². The van der Waals surface area contributed by atoms with Gasteiger partial charge in [-0.05, 0) is 17.7 Å². The van der Waals surface area contributed by atoms with Crippen molar-refractivity contribution in [3.8, 4) is 0 Å². The summed E-state index contributed by atoms with van der Waals surface area (Å²) >= 11 is 0. The van der Waals surface area contributed by atoms with Gasteiger partial charge in [0.15, 0.2) is 11.4 Å². The first-order valence-electron chi connectivity index (χ1n) is 6.30. The Kier molecular flexibility index (Phi) is 3.43. The van der Waals surface area contributed by atoms with Crippen molar-refractivity contribution in [2.24, 2.45) is 0 Å². The Labute approximate surface area is 118 Å². The topological polar surface area (TPSA) is 33.4 Å². The number of furan rings is 1. The van der Waals surface area contributed by atoms with E-state index in [1.165, 1.54) is 36.4 Å². The number of aliphatic hydroxyl groups excluding tert-OH is 1. The van der Waals surface area contributed by atoms with Crippen LogP contribution in [0.4, 0.5) is 13.2 Å². The Morgan fingerprint density at radius 2 is 1.62 bits per heavy atom. The molecule has 3 rings (SSSR count). The number of hydrogen-bond donors (Lipinski definition) is 1. The van der Waals surface area contributed by atoms with Gasteiger partial charge in [0.05, 0.1) is 0 Å². The van der Waals surface area contributed by atoms with Gasteiger partial charge < -0.3 is 9.52 Å². The molecule has 108 valence electrons. The first-order valence-corrected chi connectivity index (χ1v) is 6.30. The van der Waals surface area contributed by atoms with Gasteiger partial charge in [0, 0.05) is 10.9 Å². The molecule has 21 heavy (non-hydrogen) atoms. The normalized spacial score (nSPS) is 13.0. The predicted octanol–water partition coefficient (Wildman–Crippen LogP) is 4.59. The molecular formula is C16H11F3O2. The van der Waals surface area contributed by atoms with Gasteiger partial charge in [0.1, 0.15) is 11.9 Å². The van der Waals surface area contributed by atoms with Crippen LogP contribution >= 0.6 is 0 Å². The summed E-state index contributed by atoms with van der Waals surface area (Å²) in [6.07, 6.45) is -3.69. The van der Waals surface area contributed by atoms with Crippen molar-refractivity contribution in [3.63, 3.8) is 0 Å². The molecule has 0 radical (unpaired) electrons. The molecule has 1 atom stereocenters. The largest absolute Gasteiger partial charge is 0.455 e. The fourth-order valence-electron chi connectivity index (χ4n) is 2.17. The minimum Gasteiger partial charge on any atom is -0.455 e. The fraction of sp³-hybridized carbons (Fsp3) is 0.125. The van der Waals surface area contributed by atoms with Crippen LogP contribution in [-0.2, 0) is 0 Å². The van der Waals surface area contributed by atoms with Crippen molar-refractivity contribution in [3.05, 3.63) is 71.2 Å². The highest BCUT2D eigenvalue weighted by molar-refractivity contribution is 5.78. The smallest absolute Gasteiger partial charge is 0.263 e. The zero-order valence-corrected chi connectivity index (χ0v) is 10.8. The van der Waals surface area contributed by atoms with Gasteiger partial charge in [0.2, 0.25) is 0 Å². The quantitative estimate of drug-likeness (QED) is 0.766. The van der Waals surface area contributed by atoms with Crippen LogP contribution in [0, 0.1) is 5.82 Å². The van der Waals surface area contributed by atoms with Gasteiger partial charge >= 0.3 is 0 Å². The van der Waals surface area contributed by atoms with Gasteiger partial charge in [-0.25, -0.2) is 13.2 Å². The third kappa shape index (κ3) is 2.52. The lowest BCUT2D eigenvalue weighted by Gasteiger charge is -2.08. The number of alkyl halides is 2. The van der Waals surface area contributed by atoms with Crippen LogP contribution in [0.5, 0.6) is 0 Å². The molecule has 1 unspecified atom stereocenters. The van der Waals surface area contributed by atoms with Gasteiger partial charge in [0.25, 0.3) is 6.43 Å². The molecule has 0 amide bonds. The van der Waals surface area contributed by atoms with Crippen LogP contribution in [0.3, 0.4) is 0 Å². The zero-order chi connectivity index (χ0) is 15.0. The second-order valence-corrected chi connectivity index (χ2v) is 4.68. The molecule has 2 aromatic carbocycles. The Morgan fingerprint density at radius 3 is 2.24 bits per heavy atom. The van der Waals surface area contributed by atoms with Crippen molar-refractivity contribution in [2.75, 3.05) is 0 Å². The summed E-state index contributed by atoms with van der Waals surface area (Å²) in [7, 11) is 0. The van der Waals surface area contributed by atoms with E-state index in [0.29, 0.717) is 10.9 Å². The molecule has 5 heteroatoms. The molecule has 0 saturated heterocycles. The number of rotatable bonds is 3. The second-order valence-electron chi connectivity index (χ2n) is 4.68. The summed E-state index contributed by atoms with van der Waals surface area (Å²) in [6, 6.07) is 11.3. The van der Waals surface area contributed by atoms with E-state index < -0.39 is 18.3 Å². The van der Waals surface area contributed by atoms with Gasteiger partial charge in [-0.1, -0.05) is 36.4 Å². The number of aliphatic hydroxyl groups is 1. The summed E-state index contributed by atoms with van der Waals surface area (Å²) in [5.41, 5.74) is 0.344. The lowest BCUT2D eigenvalue weighted by atomic mass is 10.1. The molecule has 1 aromatic heterocycles. The Morgan fingerprint density at radius 1 is 0.952 bits per heavy atom. The number of hydrogen-bond acceptors (Lipinski definition) is 2. The minimum atomic E-state index is -2.56. The van der Waals surface area contributed by atoms with E-state index in [4.69, 9.17) is 4.42 Å². The van der Waals surface area contributed by atoms with Crippen LogP contribution in [0.25, 0.3) is 11.0 Å². The van der Waals surface area contributed by atoms with E-state index in [2.05, 4.69) is 0 Å². The van der Waals surface area contributed by atoms with Crippen molar-refractivity contribution in [2.45, 2.75) is 12.5 Å². The highest BCUT2D eigenvalue weighted by Gasteiger charge is 2.17. The van der Waals surface area contributed by atoms with Crippen LogP contribution in [0.2, 0.25) is 0 Å². The number of benzene rings is 2. The average molecular weight is 292 g/mol. The summed E-state index contributed by atoms with van der Waals surface area (Å²) in [4.78, 5) is 0. The molecule has 0 aliphatic carbocycles. The number of fused-ring (bicyclic) bond motifs is 1. The first kappa shape index (κ1) is 13.7. The summed E-state index contributed by atoms with van der Waals surface area (Å²) in [5, 5.41) is 10.7. The van der Waals surface area contributed by atoms with Gasteiger partial charge in [-0.15, -0.1) is 0 Å². The van der Waals surface area contributed by atoms with E-state index in [-0.39, 0.29) is 16.9 Å². The Hall–Kier alpha value is -2.27. The molecule has 0 fully saturated rings. The molecule has 3 aromatic rings. The second kappa shape index (κ2) is 5.26. The zero-order valence-electron chi connectivity index (χ0n) is 10.8. The molecule has 0 bridgehead atoms. The highest BCUT2D eigenvalue weighted by atomic mass is 19.3. The minimum absolute atomic E-state index is 0.0655. The van der Waals surface area contributed by atoms with E-state index in [1.807, 2.05) is 0 Å². The third-order valence-corrected chi connectivity index (χ3v) is 3.29. The number of para-hydroxylation sites is 1. The summed E-state index contributed by atoms with van der Waals surface area (Å²) in [5.74, 6) is -0.348. The molecule has 0 aliphatic heterocycles. The Balaban J connectivity index is 1.96. The first-order chi connectivity index (χ1) is 10.1. The summed E-state index contributed by atoms with van der Waals surface area (Å²) in [6.45, 7) is 0. The lowest BCUT2D eigenvalue weighted by Crippen LogP contribution is -1.98. The molecule has 1 heterocycles. The van der Waals surface area contributed by atoms with Crippen molar-refractivity contribution in [1.82, 2.24) is 0 Å².